The Morgan fingerprint density at radius 1 is 1.33 bits per heavy atom. The molecule has 1 aromatic carbocycles. The second-order valence-electron chi connectivity index (χ2n) is 2.90. The van der Waals surface area contributed by atoms with Crippen molar-refractivity contribution >= 4 is 12.0 Å². The van der Waals surface area contributed by atoms with E-state index in [2.05, 4.69) is 0 Å². The molecule has 0 bridgehead atoms. The van der Waals surface area contributed by atoms with Gasteiger partial charge in [-0.3, -0.25) is 14.9 Å². The van der Waals surface area contributed by atoms with Crippen molar-refractivity contribution in [2.75, 3.05) is 13.2 Å². The fourth-order valence-electron chi connectivity index (χ4n) is 1.40. The molecule has 6 nitrogen and oxygen atoms in total. The molecule has 0 spiro atoms. The van der Waals surface area contributed by atoms with Crippen molar-refractivity contribution in [2.24, 2.45) is 0 Å². The minimum Gasteiger partial charge on any atom is -0.486 e. The highest BCUT2D eigenvalue weighted by molar-refractivity contribution is 5.85. The van der Waals surface area contributed by atoms with Crippen LogP contribution in [0.25, 0.3) is 0 Å². The number of rotatable bonds is 2. The van der Waals surface area contributed by atoms with E-state index in [0.29, 0.717) is 18.6 Å². The van der Waals surface area contributed by atoms with E-state index in [-0.39, 0.29) is 23.6 Å². The Bertz CT molecular complexity index is 429. The molecule has 0 fully saturated rings. The maximum absolute atomic E-state index is 10.8. The smallest absolute Gasteiger partial charge is 0.325 e. The number of nitro groups is 1. The van der Waals surface area contributed by atoms with Crippen LogP contribution in [-0.4, -0.2) is 24.4 Å². The van der Waals surface area contributed by atoms with Gasteiger partial charge in [-0.25, -0.2) is 0 Å². The van der Waals surface area contributed by atoms with Crippen molar-refractivity contribution in [2.45, 2.75) is 0 Å². The van der Waals surface area contributed by atoms with Crippen LogP contribution in [0, 0.1) is 10.1 Å². The largest absolute Gasteiger partial charge is 0.486 e. The van der Waals surface area contributed by atoms with E-state index in [0.717, 1.165) is 0 Å². The van der Waals surface area contributed by atoms with Crippen LogP contribution in [-0.2, 0) is 0 Å². The fourth-order valence-corrected chi connectivity index (χ4v) is 1.40. The zero-order valence-electron chi connectivity index (χ0n) is 7.63. The third kappa shape index (κ3) is 1.50. The van der Waals surface area contributed by atoms with Gasteiger partial charge in [-0.05, 0) is 12.1 Å². The Hall–Kier alpha value is -2.11. The van der Waals surface area contributed by atoms with E-state index in [1.807, 2.05) is 0 Å². The number of carbonyl (C=O) groups excluding carboxylic acids is 1. The molecule has 0 N–H and O–H groups in total. The summed E-state index contributed by atoms with van der Waals surface area (Å²) in [5, 5.41) is 10.8. The van der Waals surface area contributed by atoms with E-state index in [1.165, 1.54) is 12.1 Å². The lowest BCUT2D eigenvalue weighted by atomic mass is 10.1. The van der Waals surface area contributed by atoms with Crippen LogP contribution in [0.15, 0.2) is 12.1 Å². The predicted molar refractivity (Wildman–Crippen MR) is 49.5 cm³/mol. The Labute approximate surface area is 84.6 Å². The highest BCUT2D eigenvalue weighted by Crippen LogP contribution is 2.40. The van der Waals surface area contributed by atoms with Gasteiger partial charge in [-0.2, -0.15) is 0 Å². The van der Waals surface area contributed by atoms with Crippen LogP contribution in [0.1, 0.15) is 10.4 Å². The molecule has 0 aliphatic carbocycles. The Kier molecular flexibility index (Phi) is 2.24. The first kappa shape index (κ1) is 9.45. The van der Waals surface area contributed by atoms with E-state index in [1.54, 1.807) is 0 Å². The van der Waals surface area contributed by atoms with Crippen molar-refractivity contribution in [3.63, 3.8) is 0 Å². The van der Waals surface area contributed by atoms with Gasteiger partial charge in [-0.15, -0.1) is 0 Å². The molecule has 1 aliphatic rings. The lowest BCUT2D eigenvalue weighted by molar-refractivity contribution is -0.386. The quantitative estimate of drug-likeness (QED) is 0.415. The number of fused-ring (bicyclic) bond motifs is 1. The van der Waals surface area contributed by atoms with Crippen molar-refractivity contribution < 1.29 is 19.2 Å². The van der Waals surface area contributed by atoms with Gasteiger partial charge in [0.05, 0.1) is 10.5 Å². The second-order valence-corrected chi connectivity index (χ2v) is 2.90. The van der Waals surface area contributed by atoms with Crippen molar-refractivity contribution in [3.8, 4) is 11.5 Å². The lowest BCUT2D eigenvalue weighted by Crippen LogP contribution is -2.16. The molecule has 1 aliphatic heterocycles. The summed E-state index contributed by atoms with van der Waals surface area (Å²) in [4.78, 5) is 20.7. The maximum Gasteiger partial charge on any atom is 0.325 e. The van der Waals surface area contributed by atoms with Gasteiger partial charge in [0.2, 0.25) is 5.75 Å². The summed E-state index contributed by atoms with van der Waals surface area (Å²) in [5.74, 6) is 0.342. The molecule has 2 rings (SSSR count). The van der Waals surface area contributed by atoms with Gasteiger partial charge < -0.3 is 9.47 Å². The molecule has 78 valence electrons. The first-order valence-corrected chi connectivity index (χ1v) is 4.26. The minimum atomic E-state index is -0.642. The molecule has 0 aromatic heterocycles. The summed E-state index contributed by atoms with van der Waals surface area (Å²) in [6.45, 7) is 0.598. The molecule has 0 amide bonds. The molecule has 6 heteroatoms. The molecule has 1 heterocycles. The summed E-state index contributed by atoms with van der Waals surface area (Å²) in [6, 6.07) is 2.84. The third-order valence-electron chi connectivity index (χ3n) is 2.02. The molecule has 0 radical (unpaired) electrons. The van der Waals surface area contributed by atoms with Gasteiger partial charge in [0, 0.05) is 0 Å². The zero-order chi connectivity index (χ0) is 10.8. The standard InChI is InChI=1S/C9H7NO5/c11-5-6-1-2-7-9(8(6)10(12)13)15-4-3-14-7/h1-2,5H,3-4H2. The van der Waals surface area contributed by atoms with Crippen LogP contribution >= 0.6 is 0 Å². The van der Waals surface area contributed by atoms with Gasteiger partial charge in [0.1, 0.15) is 13.2 Å². The summed E-state index contributed by atoms with van der Waals surface area (Å²) in [7, 11) is 0. The van der Waals surface area contributed by atoms with E-state index in [4.69, 9.17) is 9.47 Å². The minimum absolute atomic E-state index is 0.00995. The summed E-state index contributed by atoms with van der Waals surface area (Å²) in [6.07, 6.45) is 0.427. The molecular formula is C9H7NO5. The Balaban J connectivity index is 2.64. The van der Waals surface area contributed by atoms with E-state index < -0.39 is 4.92 Å². The molecule has 0 saturated carbocycles. The summed E-state index contributed by atoms with van der Waals surface area (Å²) in [5.41, 5.74) is -0.341. The van der Waals surface area contributed by atoms with Crippen LogP contribution in [0.3, 0.4) is 0 Å². The van der Waals surface area contributed by atoms with Gasteiger partial charge >= 0.3 is 5.69 Å². The number of benzene rings is 1. The van der Waals surface area contributed by atoms with E-state index >= 15 is 0 Å². The normalized spacial score (nSPS) is 13.3. The van der Waals surface area contributed by atoms with Crippen LogP contribution < -0.4 is 9.47 Å². The van der Waals surface area contributed by atoms with Crippen molar-refractivity contribution in [3.05, 3.63) is 27.8 Å². The van der Waals surface area contributed by atoms with Crippen molar-refractivity contribution in [1.29, 1.82) is 0 Å². The molecule has 15 heavy (non-hydrogen) atoms. The number of nitrogens with zero attached hydrogens (tertiary/aromatic N) is 1. The van der Waals surface area contributed by atoms with Crippen LogP contribution in [0.2, 0.25) is 0 Å². The monoisotopic (exact) mass is 209 g/mol. The lowest BCUT2D eigenvalue weighted by Gasteiger charge is -2.18. The number of carbonyl (C=O) groups is 1. The maximum atomic E-state index is 10.8. The highest BCUT2D eigenvalue weighted by Gasteiger charge is 2.27. The van der Waals surface area contributed by atoms with E-state index in [9.17, 15) is 14.9 Å². The summed E-state index contributed by atoms with van der Waals surface area (Å²) >= 11 is 0. The second kappa shape index (κ2) is 3.56. The average molecular weight is 209 g/mol. The highest BCUT2D eigenvalue weighted by atomic mass is 16.6. The topological polar surface area (TPSA) is 78.7 Å². The van der Waals surface area contributed by atoms with Gasteiger partial charge in [-0.1, -0.05) is 0 Å². The molecule has 1 aromatic rings. The van der Waals surface area contributed by atoms with Crippen LogP contribution in [0.4, 0.5) is 5.69 Å². The Morgan fingerprint density at radius 3 is 2.73 bits per heavy atom. The zero-order valence-corrected chi connectivity index (χ0v) is 7.63. The third-order valence-corrected chi connectivity index (χ3v) is 2.02. The number of hydrogen-bond donors (Lipinski definition) is 0. The Morgan fingerprint density at radius 2 is 2.07 bits per heavy atom. The summed E-state index contributed by atoms with van der Waals surface area (Å²) < 4.78 is 10.3. The number of hydrogen-bond acceptors (Lipinski definition) is 5. The molecule has 0 atom stereocenters. The molecule has 0 saturated heterocycles. The van der Waals surface area contributed by atoms with Crippen molar-refractivity contribution in [1.82, 2.24) is 0 Å². The molecular weight excluding hydrogens is 202 g/mol. The first-order chi connectivity index (χ1) is 7.24. The average Bonchev–Trinajstić information content (AvgIpc) is 2.27. The molecule has 0 unspecified atom stereocenters. The number of nitro benzene ring substituents is 1. The predicted octanol–water partition coefficient (Wildman–Crippen LogP) is 1.18. The van der Waals surface area contributed by atoms with Gasteiger partial charge in [0.25, 0.3) is 0 Å². The fraction of sp³-hybridized carbons (Fsp3) is 0.222. The number of ether oxygens (including phenoxy) is 2. The van der Waals surface area contributed by atoms with Gasteiger partial charge in [0.15, 0.2) is 12.0 Å². The number of aldehydes is 1. The first-order valence-electron chi connectivity index (χ1n) is 4.26. The SMILES string of the molecule is O=Cc1ccc2c(c1[N+](=O)[O-])OCCO2. The van der Waals surface area contributed by atoms with Crippen LogP contribution in [0.5, 0.6) is 11.5 Å².